The van der Waals surface area contributed by atoms with Gasteiger partial charge in [-0.3, -0.25) is 4.79 Å². The summed E-state index contributed by atoms with van der Waals surface area (Å²) in [4.78, 5) is 12.2. The van der Waals surface area contributed by atoms with Crippen molar-refractivity contribution in [2.45, 2.75) is 48.8 Å². The van der Waals surface area contributed by atoms with Gasteiger partial charge in [-0.1, -0.05) is 12.8 Å². The van der Waals surface area contributed by atoms with E-state index < -0.39 is 21.0 Å². The van der Waals surface area contributed by atoms with Crippen molar-refractivity contribution in [3.63, 3.8) is 0 Å². The lowest BCUT2D eigenvalue weighted by molar-refractivity contribution is -0.121. The first-order valence-corrected chi connectivity index (χ1v) is 8.35. The SMILES string of the molecule is CC(C(=O)NC1CCCC1)S(=O)(=O)c1ccc(N)cc1. The van der Waals surface area contributed by atoms with Crippen molar-refractivity contribution in [2.75, 3.05) is 5.73 Å². The molecule has 0 spiro atoms. The zero-order valence-corrected chi connectivity index (χ0v) is 12.3. The molecule has 0 aromatic heterocycles. The van der Waals surface area contributed by atoms with Crippen molar-refractivity contribution in [3.8, 4) is 0 Å². The molecule has 6 heteroatoms. The van der Waals surface area contributed by atoms with Gasteiger partial charge in [0.1, 0.15) is 5.25 Å². The average Bonchev–Trinajstić information content (AvgIpc) is 2.91. The number of amides is 1. The molecule has 1 fully saturated rings. The Kier molecular flexibility index (Phi) is 4.32. The normalized spacial score (nSPS) is 17.9. The van der Waals surface area contributed by atoms with E-state index in [-0.39, 0.29) is 10.9 Å². The molecule has 1 aromatic rings. The van der Waals surface area contributed by atoms with E-state index in [2.05, 4.69) is 5.32 Å². The fraction of sp³-hybridized carbons (Fsp3) is 0.500. The Morgan fingerprint density at radius 1 is 1.25 bits per heavy atom. The third-order valence-electron chi connectivity index (χ3n) is 3.74. The van der Waals surface area contributed by atoms with E-state index >= 15 is 0 Å². The summed E-state index contributed by atoms with van der Waals surface area (Å²) in [7, 11) is -3.66. The maximum atomic E-state index is 12.4. The molecule has 1 aliphatic carbocycles. The second kappa shape index (κ2) is 5.83. The number of nitrogens with one attached hydrogen (secondary N) is 1. The zero-order chi connectivity index (χ0) is 14.8. The summed E-state index contributed by atoms with van der Waals surface area (Å²) in [5.41, 5.74) is 6.03. The summed E-state index contributed by atoms with van der Waals surface area (Å²) in [6.45, 7) is 1.43. The van der Waals surface area contributed by atoms with Gasteiger partial charge in [0.25, 0.3) is 0 Å². The van der Waals surface area contributed by atoms with Crippen LogP contribution in [0.5, 0.6) is 0 Å². The standard InChI is InChI=1S/C14H20N2O3S/c1-10(14(17)16-12-4-2-3-5-12)20(18,19)13-8-6-11(15)7-9-13/h6-10,12H,2-5,15H2,1H3,(H,16,17). The summed E-state index contributed by atoms with van der Waals surface area (Å²) in [5, 5.41) is 1.73. The second-order valence-corrected chi connectivity index (χ2v) is 7.51. The maximum absolute atomic E-state index is 12.4. The predicted molar refractivity (Wildman–Crippen MR) is 77.9 cm³/mol. The summed E-state index contributed by atoms with van der Waals surface area (Å²) in [6.07, 6.45) is 4.04. The molecule has 1 aromatic carbocycles. The van der Waals surface area contributed by atoms with Crippen LogP contribution in [-0.4, -0.2) is 25.6 Å². The molecule has 0 heterocycles. The number of sulfone groups is 1. The number of anilines is 1. The van der Waals surface area contributed by atoms with Crippen LogP contribution in [0, 0.1) is 0 Å². The van der Waals surface area contributed by atoms with Gasteiger partial charge in [-0.05, 0) is 44.0 Å². The monoisotopic (exact) mass is 296 g/mol. The van der Waals surface area contributed by atoms with Gasteiger partial charge in [-0.25, -0.2) is 8.42 Å². The highest BCUT2D eigenvalue weighted by Gasteiger charge is 2.31. The zero-order valence-electron chi connectivity index (χ0n) is 11.5. The Balaban J connectivity index is 2.11. The summed E-state index contributed by atoms with van der Waals surface area (Å²) in [6, 6.07) is 6.03. The summed E-state index contributed by atoms with van der Waals surface area (Å²) >= 11 is 0. The second-order valence-electron chi connectivity index (χ2n) is 5.25. The van der Waals surface area contributed by atoms with E-state index in [0.29, 0.717) is 5.69 Å². The fourth-order valence-electron chi connectivity index (χ4n) is 2.39. The first-order valence-electron chi connectivity index (χ1n) is 6.81. The quantitative estimate of drug-likeness (QED) is 0.824. The largest absolute Gasteiger partial charge is 0.399 e. The average molecular weight is 296 g/mol. The van der Waals surface area contributed by atoms with Crippen molar-refractivity contribution < 1.29 is 13.2 Å². The Hall–Kier alpha value is -1.56. The van der Waals surface area contributed by atoms with Crippen LogP contribution in [0.4, 0.5) is 5.69 Å². The molecule has 5 nitrogen and oxygen atoms in total. The summed E-state index contributed by atoms with van der Waals surface area (Å²) in [5.74, 6) is -0.422. The van der Waals surface area contributed by atoms with Gasteiger partial charge in [0.15, 0.2) is 9.84 Å². The van der Waals surface area contributed by atoms with E-state index in [0.717, 1.165) is 25.7 Å². The van der Waals surface area contributed by atoms with Gasteiger partial charge in [-0.15, -0.1) is 0 Å². The van der Waals surface area contributed by atoms with Gasteiger partial charge in [-0.2, -0.15) is 0 Å². The van der Waals surface area contributed by atoms with Gasteiger partial charge in [0.05, 0.1) is 4.90 Å². The van der Waals surface area contributed by atoms with Crippen molar-refractivity contribution in [1.82, 2.24) is 5.32 Å². The number of rotatable bonds is 4. The van der Waals surface area contributed by atoms with Crippen molar-refractivity contribution in [1.29, 1.82) is 0 Å². The molecule has 1 aliphatic rings. The number of hydrogen-bond donors (Lipinski definition) is 2. The Bertz CT molecular complexity index is 575. The number of nitrogens with two attached hydrogens (primary N) is 1. The highest BCUT2D eigenvalue weighted by atomic mass is 32.2. The molecular formula is C14H20N2O3S. The molecule has 0 saturated heterocycles. The van der Waals surface area contributed by atoms with Crippen LogP contribution in [0.1, 0.15) is 32.6 Å². The van der Waals surface area contributed by atoms with Gasteiger partial charge >= 0.3 is 0 Å². The van der Waals surface area contributed by atoms with E-state index in [9.17, 15) is 13.2 Å². The van der Waals surface area contributed by atoms with E-state index in [1.54, 1.807) is 0 Å². The molecule has 110 valence electrons. The number of hydrogen-bond acceptors (Lipinski definition) is 4. The van der Waals surface area contributed by atoms with Gasteiger partial charge in [0.2, 0.25) is 5.91 Å². The Morgan fingerprint density at radius 3 is 2.35 bits per heavy atom. The molecule has 3 N–H and O–H groups in total. The first-order chi connectivity index (χ1) is 9.41. The minimum absolute atomic E-state index is 0.117. The lowest BCUT2D eigenvalue weighted by Gasteiger charge is -2.17. The van der Waals surface area contributed by atoms with E-state index in [1.807, 2.05) is 0 Å². The molecule has 1 amide bonds. The lowest BCUT2D eigenvalue weighted by Crippen LogP contribution is -2.42. The van der Waals surface area contributed by atoms with Crippen LogP contribution in [0.15, 0.2) is 29.2 Å². The molecule has 0 aliphatic heterocycles. The predicted octanol–water partition coefficient (Wildman–Crippen LogP) is 1.49. The minimum Gasteiger partial charge on any atom is -0.399 e. The van der Waals surface area contributed by atoms with E-state index in [1.165, 1.54) is 31.2 Å². The Morgan fingerprint density at radius 2 is 1.80 bits per heavy atom. The molecule has 0 radical (unpaired) electrons. The van der Waals surface area contributed by atoms with Crippen LogP contribution in [0.25, 0.3) is 0 Å². The third kappa shape index (κ3) is 3.12. The molecule has 0 bridgehead atoms. The lowest BCUT2D eigenvalue weighted by atomic mass is 10.2. The highest BCUT2D eigenvalue weighted by Crippen LogP contribution is 2.20. The molecule has 1 unspecified atom stereocenters. The molecule has 1 atom stereocenters. The molecule has 2 rings (SSSR count). The third-order valence-corrected chi connectivity index (χ3v) is 5.82. The van der Waals surface area contributed by atoms with Gasteiger partial charge in [0, 0.05) is 11.7 Å². The van der Waals surface area contributed by atoms with Crippen LogP contribution in [0.3, 0.4) is 0 Å². The van der Waals surface area contributed by atoms with Crippen molar-refractivity contribution >= 4 is 21.4 Å². The van der Waals surface area contributed by atoms with Gasteiger partial charge < -0.3 is 11.1 Å². The van der Waals surface area contributed by atoms with Crippen molar-refractivity contribution in [2.24, 2.45) is 0 Å². The topological polar surface area (TPSA) is 89.3 Å². The molecule has 1 saturated carbocycles. The highest BCUT2D eigenvalue weighted by molar-refractivity contribution is 7.92. The van der Waals surface area contributed by atoms with Crippen LogP contribution >= 0.6 is 0 Å². The fourth-order valence-corrected chi connectivity index (χ4v) is 3.66. The van der Waals surface area contributed by atoms with Crippen molar-refractivity contribution in [3.05, 3.63) is 24.3 Å². The summed E-state index contributed by atoms with van der Waals surface area (Å²) < 4.78 is 24.7. The van der Waals surface area contributed by atoms with Crippen LogP contribution in [0.2, 0.25) is 0 Å². The number of carbonyl (C=O) groups is 1. The number of benzene rings is 1. The van der Waals surface area contributed by atoms with E-state index in [4.69, 9.17) is 5.73 Å². The Labute approximate surface area is 119 Å². The minimum atomic E-state index is -3.66. The maximum Gasteiger partial charge on any atom is 0.238 e. The molecule has 20 heavy (non-hydrogen) atoms. The first kappa shape index (κ1) is 14.8. The smallest absolute Gasteiger partial charge is 0.238 e. The van der Waals surface area contributed by atoms with Crippen LogP contribution in [-0.2, 0) is 14.6 Å². The number of carbonyl (C=O) groups excluding carboxylic acids is 1. The van der Waals surface area contributed by atoms with Crippen LogP contribution < -0.4 is 11.1 Å². The molecular weight excluding hydrogens is 276 g/mol. The number of nitrogen functional groups attached to an aromatic ring is 1.